The third kappa shape index (κ3) is 7.05. The summed E-state index contributed by atoms with van der Waals surface area (Å²) in [5, 5.41) is 10.4. The lowest BCUT2D eigenvalue weighted by Gasteiger charge is -2.42. The fourth-order valence-corrected chi connectivity index (χ4v) is 7.08. The summed E-state index contributed by atoms with van der Waals surface area (Å²) < 4.78 is 53.4. The van der Waals surface area contributed by atoms with Crippen LogP contribution in [0.1, 0.15) is 35.2 Å². The predicted molar refractivity (Wildman–Crippen MR) is 158 cm³/mol. The largest absolute Gasteiger partial charge is 0.379 e. The second kappa shape index (κ2) is 12.3. The van der Waals surface area contributed by atoms with Crippen molar-refractivity contribution < 1.29 is 22.3 Å². The van der Waals surface area contributed by atoms with E-state index in [-0.39, 0.29) is 16.5 Å². The molecule has 0 saturated carbocycles. The molecular weight excluding hydrogens is 568 g/mol. The van der Waals surface area contributed by atoms with Gasteiger partial charge in [-0.05, 0) is 59.0 Å². The molecule has 41 heavy (non-hydrogen) atoms. The van der Waals surface area contributed by atoms with E-state index in [0.717, 1.165) is 68.3 Å². The first kappa shape index (κ1) is 29.8. The van der Waals surface area contributed by atoms with Gasteiger partial charge in [-0.3, -0.25) is 14.7 Å². The Kier molecular flexibility index (Phi) is 8.94. The van der Waals surface area contributed by atoms with E-state index < -0.39 is 27.7 Å². The summed E-state index contributed by atoms with van der Waals surface area (Å²) in [6.45, 7) is 6.73. The van der Waals surface area contributed by atoms with Crippen LogP contribution in [0.25, 0.3) is 4.91 Å². The minimum absolute atomic E-state index is 0.0203. The van der Waals surface area contributed by atoms with Crippen molar-refractivity contribution in [3.63, 3.8) is 0 Å². The molecule has 1 unspecified atom stereocenters. The molecule has 3 aromatic rings. The van der Waals surface area contributed by atoms with Gasteiger partial charge in [-0.1, -0.05) is 48.0 Å². The zero-order valence-corrected chi connectivity index (χ0v) is 24.7. The number of piperazine rings is 1. The van der Waals surface area contributed by atoms with Gasteiger partial charge in [0.15, 0.2) is 9.84 Å². The van der Waals surface area contributed by atoms with E-state index in [4.69, 9.17) is 11.6 Å². The van der Waals surface area contributed by atoms with Crippen LogP contribution in [0.15, 0.2) is 72.3 Å². The molecule has 0 radical (unpaired) electrons. The third-order valence-electron chi connectivity index (χ3n) is 7.79. The SMILES string of the molecule is CC(O)N1CCN(Cc2ccc([C@H](c3ccc(Cl)cc3)N3CC(=C(c4cc(F)cc(F)c4)S(C)(=O)=O)C3)cc2)CC1. The Morgan fingerprint density at radius 2 is 1.41 bits per heavy atom. The van der Waals surface area contributed by atoms with Crippen LogP contribution >= 0.6 is 11.6 Å². The van der Waals surface area contributed by atoms with Gasteiger partial charge in [-0.2, -0.15) is 0 Å². The Morgan fingerprint density at radius 3 is 1.93 bits per heavy atom. The second-order valence-electron chi connectivity index (χ2n) is 10.9. The zero-order valence-electron chi connectivity index (χ0n) is 23.1. The Bertz CT molecular complexity index is 1490. The van der Waals surface area contributed by atoms with Crippen molar-refractivity contribution in [3.8, 4) is 0 Å². The Labute approximate surface area is 245 Å². The number of hydrogen-bond donors (Lipinski definition) is 1. The Balaban J connectivity index is 1.39. The van der Waals surface area contributed by atoms with Crippen LogP contribution in [-0.4, -0.2) is 80.0 Å². The van der Waals surface area contributed by atoms with E-state index in [2.05, 4.69) is 39.0 Å². The van der Waals surface area contributed by atoms with Crippen molar-refractivity contribution in [2.75, 3.05) is 45.5 Å². The van der Waals surface area contributed by atoms with Crippen molar-refractivity contribution in [1.29, 1.82) is 0 Å². The highest BCUT2D eigenvalue weighted by molar-refractivity contribution is 8.00. The normalized spacial score (nSPS) is 18.6. The fourth-order valence-electron chi connectivity index (χ4n) is 5.75. The molecule has 3 aromatic carbocycles. The van der Waals surface area contributed by atoms with Gasteiger partial charge in [0.05, 0.1) is 10.9 Å². The summed E-state index contributed by atoms with van der Waals surface area (Å²) >= 11 is 6.17. The quantitative estimate of drug-likeness (QED) is 0.395. The molecule has 2 atom stereocenters. The molecule has 1 N–H and O–H groups in total. The molecule has 2 fully saturated rings. The molecule has 2 saturated heterocycles. The van der Waals surface area contributed by atoms with Crippen LogP contribution < -0.4 is 0 Å². The summed E-state index contributed by atoms with van der Waals surface area (Å²) in [6, 6.07) is 18.7. The summed E-state index contributed by atoms with van der Waals surface area (Å²) in [5.74, 6) is -1.64. The summed E-state index contributed by atoms with van der Waals surface area (Å²) in [5.41, 5.74) is 3.89. The highest BCUT2D eigenvalue weighted by Crippen LogP contribution is 2.39. The van der Waals surface area contributed by atoms with E-state index >= 15 is 0 Å². The molecule has 5 rings (SSSR count). The molecule has 6 nitrogen and oxygen atoms in total. The van der Waals surface area contributed by atoms with Gasteiger partial charge < -0.3 is 5.11 Å². The predicted octanol–water partition coefficient (Wildman–Crippen LogP) is 4.94. The van der Waals surface area contributed by atoms with Crippen molar-refractivity contribution >= 4 is 26.3 Å². The maximum Gasteiger partial charge on any atom is 0.176 e. The fraction of sp³-hybridized carbons (Fsp3) is 0.355. The topological polar surface area (TPSA) is 64.1 Å². The first-order valence-electron chi connectivity index (χ1n) is 13.6. The van der Waals surface area contributed by atoms with Crippen LogP contribution in [0.5, 0.6) is 0 Å². The van der Waals surface area contributed by atoms with Gasteiger partial charge in [0.1, 0.15) is 17.9 Å². The highest BCUT2D eigenvalue weighted by Gasteiger charge is 2.35. The number of nitrogens with zero attached hydrogens (tertiary/aromatic N) is 3. The van der Waals surface area contributed by atoms with E-state index in [0.29, 0.717) is 23.7 Å². The first-order valence-corrected chi connectivity index (χ1v) is 15.9. The van der Waals surface area contributed by atoms with E-state index in [1.165, 1.54) is 5.56 Å². The number of rotatable bonds is 8. The van der Waals surface area contributed by atoms with Gasteiger partial charge in [-0.25, -0.2) is 17.2 Å². The molecule has 2 heterocycles. The van der Waals surface area contributed by atoms with Crippen LogP contribution in [0.3, 0.4) is 0 Å². The molecule has 0 amide bonds. The lowest BCUT2D eigenvalue weighted by Crippen LogP contribution is -2.49. The molecule has 0 aliphatic carbocycles. The molecule has 218 valence electrons. The van der Waals surface area contributed by atoms with E-state index in [9.17, 15) is 22.3 Å². The first-order chi connectivity index (χ1) is 19.5. The number of aliphatic hydroxyl groups excluding tert-OH is 1. The van der Waals surface area contributed by atoms with Gasteiger partial charge >= 0.3 is 0 Å². The van der Waals surface area contributed by atoms with Crippen molar-refractivity contribution in [1.82, 2.24) is 14.7 Å². The smallest absolute Gasteiger partial charge is 0.176 e. The number of benzene rings is 3. The standard InChI is InChI=1S/C31H34ClF2N3O3S/c1-21(38)36-13-11-35(12-14-36)18-22-3-5-23(6-4-22)30(24-7-9-27(32)10-8-24)37-19-26(20-37)31(41(2,39)40)25-15-28(33)17-29(34)16-25/h3-10,15-17,21,30,38H,11-14,18-20H2,1-2H3/t21?,30-/m1/s1. The summed E-state index contributed by atoms with van der Waals surface area (Å²) in [4.78, 5) is 6.56. The lowest BCUT2D eigenvalue weighted by atomic mass is 9.91. The minimum Gasteiger partial charge on any atom is -0.379 e. The lowest BCUT2D eigenvalue weighted by molar-refractivity contribution is -0.0141. The van der Waals surface area contributed by atoms with Gasteiger partial charge in [0, 0.05) is 63.2 Å². The van der Waals surface area contributed by atoms with Crippen LogP contribution in [-0.2, 0) is 16.4 Å². The monoisotopic (exact) mass is 601 g/mol. The Morgan fingerprint density at radius 1 is 0.878 bits per heavy atom. The minimum atomic E-state index is -3.74. The molecule has 0 spiro atoms. The number of likely N-dealkylation sites (tertiary alicyclic amines) is 1. The molecule has 2 aliphatic rings. The second-order valence-corrected chi connectivity index (χ2v) is 13.3. The summed E-state index contributed by atoms with van der Waals surface area (Å²) in [6.07, 6.45) is 0.641. The molecule has 0 bridgehead atoms. The van der Waals surface area contributed by atoms with Gasteiger partial charge in [0.25, 0.3) is 0 Å². The van der Waals surface area contributed by atoms with Crippen molar-refractivity contribution in [2.45, 2.75) is 25.7 Å². The number of halogens is 3. The average Bonchev–Trinajstić information content (AvgIpc) is 2.88. The molecule has 2 aliphatic heterocycles. The van der Waals surface area contributed by atoms with Crippen LogP contribution in [0.4, 0.5) is 8.78 Å². The third-order valence-corrected chi connectivity index (χ3v) is 9.31. The molecule has 0 aromatic heterocycles. The van der Waals surface area contributed by atoms with Crippen LogP contribution in [0.2, 0.25) is 5.02 Å². The molecule has 10 heteroatoms. The van der Waals surface area contributed by atoms with Crippen LogP contribution in [0, 0.1) is 11.6 Å². The number of sulfone groups is 1. The number of hydrogen-bond acceptors (Lipinski definition) is 6. The highest BCUT2D eigenvalue weighted by atomic mass is 35.5. The summed E-state index contributed by atoms with van der Waals surface area (Å²) in [7, 11) is -3.74. The van der Waals surface area contributed by atoms with Crippen molar-refractivity contribution in [3.05, 3.63) is 111 Å². The van der Waals surface area contributed by atoms with Crippen molar-refractivity contribution in [2.24, 2.45) is 0 Å². The average molecular weight is 602 g/mol. The van der Waals surface area contributed by atoms with E-state index in [1.807, 2.05) is 24.3 Å². The van der Waals surface area contributed by atoms with Gasteiger partial charge in [-0.15, -0.1) is 0 Å². The maximum atomic E-state index is 14.0. The molecular formula is C31H34ClF2N3O3S. The number of aliphatic hydroxyl groups is 1. The Hall–Kier alpha value is -2.66. The van der Waals surface area contributed by atoms with Gasteiger partial charge in [0.2, 0.25) is 0 Å². The maximum absolute atomic E-state index is 14.0. The zero-order chi connectivity index (χ0) is 29.3. The van der Waals surface area contributed by atoms with E-state index in [1.54, 1.807) is 6.92 Å².